The van der Waals surface area contributed by atoms with Gasteiger partial charge in [-0.1, -0.05) is 41.4 Å². The number of anilines is 1. The van der Waals surface area contributed by atoms with Gasteiger partial charge in [0.2, 0.25) is 0 Å². The normalized spacial score (nSPS) is 11.2. The zero-order valence-electron chi connectivity index (χ0n) is 13.0. The lowest BCUT2D eigenvalue weighted by molar-refractivity contribution is -0.379. The molecule has 0 atom stereocenters. The van der Waals surface area contributed by atoms with E-state index in [0.717, 1.165) is 11.3 Å². The van der Waals surface area contributed by atoms with Crippen molar-refractivity contribution < 1.29 is 14.5 Å². The average Bonchev–Trinajstić information content (AvgIpc) is 2.62. The third kappa shape index (κ3) is 4.63. The van der Waals surface area contributed by atoms with E-state index >= 15 is 0 Å². The summed E-state index contributed by atoms with van der Waals surface area (Å²) in [7, 11) is 1.59. The van der Waals surface area contributed by atoms with Gasteiger partial charge in [0.05, 0.1) is 12.8 Å². The van der Waals surface area contributed by atoms with E-state index in [9.17, 15) is 4.79 Å². The van der Waals surface area contributed by atoms with E-state index in [1.54, 1.807) is 19.3 Å². The van der Waals surface area contributed by atoms with Crippen molar-refractivity contribution in [3.63, 3.8) is 0 Å². The minimum absolute atomic E-state index is 0.00812. The molecule has 130 valence electrons. The highest BCUT2D eigenvalue weighted by Gasteiger charge is 2.25. The summed E-state index contributed by atoms with van der Waals surface area (Å²) in [6, 6.07) is 7.47. The number of halogens is 3. The highest BCUT2D eigenvalue weighted by Crippen LogP contribution is 2.31. The number of para-hydroxylation sites is 1. The van der Waals surface area contributed by atoms with Crippen molar-refractivity contribution in [1.82, 2.24) is 5.43 Å². The number of hydrogen-bond donors (Lipinski definition) is 2. The molecular weight excluding hydrogens is 387 g/mol. The molecule has 1 heterocycles. The fourth-order valence-corrected chi connectivity index (χ4v) is 2.48. The molecule has 2 aromatic rings. The predicted octanol–water partition coefficient (Wildman–Crippen LogP) is 3.48. The molecule has 0 saturated heterocycles. The number of aromatic amines is 1. The Morgan fingerprint density at radius 3 is 2.72 bits per heavy atom. The van der Waals surface area contributed by atoms with Crippen molar-refractivity contribution >= 4 is 58.7 Å². The number of carbonyl (C=O) groups excluding carboxylic acids is 1. The Labute approximate surface area is 159 Å². The second kappa shape index (κ2) is 8.71. The lowest BCUT2D eigenvalue weighted by Gasteiger charge is -2.03. The molecule has 6 nitrogen and oxygen atoms in total. The summed E-state index contributed by atoms with van der Waals surface area (Å²) in [6.45, 7) is 0. The first-order valence-corrected chi connectivity index (χ1v) is 8.07. The van der Waals surface area contributed by atoms with Gasteiger partial charge in [-0.05, 0) is 29.8 Å². The largest absolute Gasteiger partial charge is 0.496 e. The first-order valence-electron chi connectivity index (χ1n) is 6.94. The standard InChI is InChI=1S/C16H13Cl3N4O2/c1-25-10-7-3-2-5-9(10)6-4-8-21-23-16(24)14-11(17)13(20)12(18)15(19)22-14/h2-8H,1H3,(H2,20,22)(H,23,24)/p+1/b6-4+,21-8-. The fourth-order valence-electron chi connectivity index (χ4n) is 1.87. The summed E-state index contributed by atoms with van der Waals surface area (Å²) in [5, 5.41) is 3.81. The Bertz CT molecular complexity index is 854. The number of carbonyl (C=O) groups is 1. The summed E-state index contributed by atoms with van der Waals surface area (Å²) in [6.07, 6.45) is 4.83. The van der Waals surface area contributed by atoms with E-state index in [2.05, 4.69) is 15.5 Å². The molecule has 0 aliphatic carbocycles. The highest BCUT2D eigenvalue weighted by molar-refractivity contribution is 6.45. The molecular formula is C16H14Cl3N4O2+. The predicted molar refractivity (Wildman–Crippen MR) is 100 cm³/mol. The molecule has 0 spiro atoms. The van der Waals surface area contributed by atoms with Crippen LogP contribution in [0.5, 0.6) is 5.75 Å². The number of nitrogens with zero attached hydrogens (tertiary/aromatic N) is 1. The molecule has 0 aliphatic rings. The van der Waals surface area contributed by atoms with Crippen LogP contribution in [0.3, 0.4) is 0 Å². The summed E-state index contributed by atoms with van der Waals surface area (Å²) in [5.41, 5.74) is 8.82. The minimum Gasteiger partial charge on any atom is -0.496 e. The van der Waals surface area contributed by atoms with Crippen LogP contribution in [0.25, 0.3) is 6.08 Å². The molecule has 0 aliphatic heterocycles. The second-order valence-corrected chi connectivity index (χ2v) is 5.81. The minimum atomic E-state index is -0.614. The van der Waals surface area contributed by atoms with Gasteiger partial charge in [0, 0.05) is 11.8 Å². The molecule has 4 N–H and O–H groups in total. The van der Waals surface area contributed by atoms with Crippen molar-refractivity contribution in [1.29, 1.82) is 0 Å². The topological polar surface area (TPSA) is 90.8 Å². The summed E-state index contributed by atoms with van der Waals surface area (Å²) >= 11 is 17.7. The van der Waals surface area contributed by atoms with Gasteiger partial charge < -0.3 is 10.5 Å². The number of nitrogens with two attached hydrogens (primary N) is 1. The maximum atomic E-state index is 12.1. The maximum Gasteiger partial charge on any atom is 0.337 e. The number of rotatable bonds is 5. The van der Waals surface area contributed by atoms with Gasteiger partial charge in [0.1, 0.15) is 15.8 Å². The molecule has 9 heteroatoms. The van der Waals surface area contributed by atoms with Crippen molar-refractivity contribution in [3.05, 3.63) is 56.8 Å². The van der Waals surface area contributed by atoms with Crippen LogP contribution >= 0.6 is 34.8 Å². The van der Waals surface area contributed by atoms with E-state index in [4.69, 9.17) is 45.3 Å². The van der Waals surface area contributed by atoms with Crippen LogP contribution in [0, 0.1) is 0 Å². The maximum absolute atomic E-state index is 12.1. The molecule has 1 aromatic heterocycles. The summed E-state index contributed by atoms with van der Waals surface area (Å²) < 4.78 is 5.22. The van der Waals surface area contributed by atoms with E-state index in [-0.39, 0.29) is 26.6 Å². The third-order valence-electron chi connectivity index (χ3n) is 3.09. The SMILES string of the molecule is COc1ccccc1/C=C/C=N\NC(=O)c1[nH+]c(Cl)c(Cl)c(N)c1Cl. The molecule has 25 heavy (non-hydrogen) atoms. The number of hydrogen-bond acceptors (Lipinski definition) is 4. The number of H-pyrrole nitrogens is 1. The van der Waals surface area contributed by atoms with Crippen LogP contribution in [0.4, 0.5) is 5.69 Å². The summed E-state index contributed by atoms with van der Waals surface area (Å²) in [5.74, 6) is 0.112. The van der Waals surface area contributed by atoms with Gasteiger partial charge in [-0.15, -0.1) is 0 Å². The molecule has 0 unspecified atom stereocenters. The van der Waals surface area contributed by atoms with Crippen LogP contribution in [-0.4, -0.2) is 19.2 Å². The number of aromatic nitrogens is 1. The van der Waals surface area contributed by atoms with E-state index in [0.29, 0.717) is 0 Å². The van der Waals surface area contributed by atoms with Gasteiger partial charge in [0.25, 0.3) is 10.8 Å². The third-order valence-corrected chi connectivity index (χ3v) is 4.25. The quantitative estimate of drug-likeness (QED) is 0.457. The van der Waals surface area contributed by atoms with E-state index in [1.165, 1.54) is 6.21 Å². The number of methoxy groups -OCH3 is 1. The van der Waals surface area contributed by atoms with Crippen LogP contribution in [0.15, 0.2) is 35.4 Å². The van der Waals surface area contributed by atoms with Crippen molar-refractivity contribution in [2.75, 3.05) is 12.8 Å². The molecule has 0 fully saturated rings. The molecule has 0 saturated carbocycles. The molecule has 1 amide bonds. The second-order valence-electron chi connectivity index (χ2n) is 4.68. The number of allylic oxidation sites excluding steroid dienone is 1. The number of pyridine rings is 1. The smallest absolute Gasteiger partial charge is 0.337 e. The van der Waals surface area contributed by atoms with E-state index < -0.39 is 5.91 Å². The molecule has 2 rings (SSSR count). The molecule has 1 aromatic carbocycles. The molecule has 0 radical (unpaired) electrons. The van der Waals surface area contributed by atoms with Crippen molar-refractivity contribution in [2.24, 2.45) is 5.10 Å². The number of nitrogens with one attached hydrogen (secondary N) is 2. The lowest BCUT2D eigenvalue weighted by atomic mass is 10.2. The zero-order valence-corrected chi connectivity index (χ0v) is 15.3. The molecule has 0 bridgehead atoms. The lowest BCUT2D eigenvalue weighted by Crippen LogP contribution is -2.28. The van der Waals surface area contributed by atoms with Crippen molar-refractivity contribution in [3.8, 4) is 5.75 Å². The Hall–Kier alpha value is -2.28. The number of benzene rings is 1. The number of amides is 1. The van der Waals surface area contributed by atoms with Crippen molar-refractivity contribution in [2.45, 2.75) is 0 Å². The number of hydrazone groups is 1. The average molecular weight is 401 g/mol. The first kappa shape index (κ1) is 19.1. The van der Waals surface area contributed by atoms with Gasteiger partial charge in [0.15, 0.2) is 0 Å². The first-order chi connectivity index (χ1) is 12.0. The van der Waals surface area contributed by atoms with Gasteiger partial charge in [-0.25, -0.2) is 5.43 Å². The van der Waals surface area contributed by atoms with Crippen LogP contribution in [0.2, 0.25) is 15.2 Å². The van der Waals surface area contributed by atoms with Crippen LogP contribution in [0.1, 0.15) is 16.1 Å². The van der Waals surface area contributed by atoms with Crippen LogP contribution < -0.4 is 20.9 Å². The summed E-state index contributed by atoms with van der Waals surface area (Å²) in [4.78, 5) is 14.6. The highest BCUT2D eigenvalue weighted by atomic mass is 35.5. The van der Waals surface area contributed by atoms with Gasteiger partial charge in [-0.2, -0.15) is 10.1 Å². The monoisotopic (exact) mass is 399 g/mol. The Morgan fingerprint density at radius 2 is 2.00 bits per heavy atom. The van der Waals surface area contributed by atoms with Gasteiger partial charge in [-0.3, -0.25) is 4.79 Å². The zero-order chi connectivity index (χ0) is 18.4. The van der Waals surface area contributed by atoms with Crippen LogP contribution in [-0.2, 0) is 0 Å². The van der Waals surface area contributed by atoms with E-state index in [1.807, 2.05) is 24.3 Å². The Balaban J connectivity index is 2.05. The number of nitrogen functional groups attached to an aromatic ring is 1. The Morgan fingerprint density at radius 1 is 1.28 bits per heavy atom. The Kier molecular flexibility index (Phi) is 6.64. The number of ether oxygens (including phenoxy) is 1. The fraction of sp³-hybridized carbons (Fsp3) is 0.0625. The van der Waals surface area contributed by atoms with Gasteiger partial charge >= 0.3 is 5.91 Å².